The van der Waals surface area contributed by atoms with Crippen molar-refractivity contribution in [2.75, 3.05) is 0 Å². The SMILES string of the molecule is NNCc1cc(Br)ccc1O. The van der Waals surface area contributed by atoms with E-state index >= 15 is 0 Å². The number of halogens is 1. The largest absolute Gasteiger partial charge is 0.508 e. The number of hydrazine groups is 1. The second-order valence-corrected chi connectivity index (χ2v) is 3.07. The van der Waals surface area contributed by atoms with Crippen molar-refractivity contribution in [1.29, 1.82) is 0 Å². The Balaban J connectivity index is 2.93. The molecule has 0 aromatic heterocycles. The Kier molecular flexibility index (Phi) is 2.87. The van der Waals surface area contributed by atoms with E-state index in [9.17, 15) is 5.11 Å². The number of benzene rings is 1. The van der Waals surface area contributed by atoms with E-state index in [1.165, 1.54) is 0 Å². The molecule has 3 nitrogen and oxygen atoms in total. The minimum atomic E-state index is 0.256. The zero-order valence-corrected chi connectivity index (χ0v) is 7.43. The molecule has 0 heterocycles. The maximum absolute atomic E-state index is 9.25. The maximum Gasteiger partial charge on any atom is 0.120 e. The van der Waals surface area contributed by atoms with Crippen LogP contribution >= 0.6 is 15.9 Å². The second-order valence-electron chi connectivity index (χ2n) is 2.15. The number of aromatic hydroxyl groups is 1. The van der Waals surface area contributed by atoms with Gasteiger partial charge in [0.2, 0.25) is 0 Å². The van der Waals surface area contributed by atoms with Crippen molar-refractivity contribution in [1.82, 2.24) is 5.43 Å². The molecule has 0 radical (unpaired) electrons. The summed E-state index contributed by atoms with van der Waals surface area (Å²) in [5.41, 5.74) is 3.25. The van der Waals surface area contributed by atoms with Crippen LogP contribution in [0.3, 0.4) is 0 Å². The molecule has 1 aromatic carbocycles. The van der Waals surface area contributed by atoms with E-state index in [1.807, 2.05) is 6.07 Å². The number of nitrogens with two attached hydrogens (primary N) is 1. The van der Waals surface area contributed by atoms with Crippen LogP contribution in [0.15, 0.2) is 22.7 Å². The molecule has 0 unspecified atom stereocenters. The molecule has 0 aliphatic carbocycles. The van der Waals surface area contributed by atoms with Crippen LogP contribution in [0.4, 0.5) is 0 Å². The molecular weight excluding hydrogens is 208 g/mol. The van der Waals surface area contributed by atoms with Crippen LogP contribution in [-0.4, -0.2) is 5.11 Å². The van der Waals surface area contributed by atoms with Gasteiger partial charge in [0, 0.05) is 16.6 Å². The second kappa shape index (κ2) is 3.71. The fourth-order valence-corrected chi connectivity index (χ4v) is 1.21. The van der Waals surface area contributed by atoms with Gasteiger partial charge in [0.05, 0.1) is 0 Å². The van der Waals surface area contributed by atoms with E-state index < -0.39 is 0 Å². The Bertz CT molecular complexity index is 252. The van der Waals surface area contributed by atoms with Crippen LogP contribution < -0.4 is 11.3 Å². The average molecular weight is 217 g/mol. The Morgan fingerprint density at radius 3 is 2.91 bits per heavy atom. The van der Waals surface area contributed by atoms with E-state index in [2.05, 4.69) is 21.4 Å². The quantitative estimate of drug-likeness (QED) is 0.513. The van der Waals surface area contributed by atoms with Crippen molar-refractivity contribution in [2.45, 2.75) is 6.54 Å². The van der Waals surface area contributed by atoms with Crippen molar-refractivity contribution in [3.63, 3.8) is 0 Å². The molecule has 0 atom stereocenters. The van der Waals surface area contributed by atoms with Crippen molar-refractivity contribution in [3.05, 3.63) is 28.2 Å². The third-order valence-electron chi connectivity index (χ3n) is 1.33. The molecule has 11 heavy (non-hydrogen) atoms. The fourth-order valence-electron chi connectivity index (χ4n) is 0.806. The first-order valence-electron chi connectivity index (χ1n) is 3.15. The third-order valence-corrected chi connectivity index (χ3v) is 1.83. The molecule has 0 saturated carbocycles. The number of phenols is 1. The van der Waals surface area contributed by atoms with Gasteiger partial charge in [0.15, 0.2) is 0 Å². The summed E-state index contributed by atoms with van der Waals surface area (Å²) in [7, 11) is 0. The predicted molar refractivity (Wildman–Crippen MR) is 46.8 cm³/mol. The topological polar surface area (TPSA) is 58.3 Å². The highest BCUT2D eigenvalue weighted by Crippen LogP contribution is 2.21. The molecular formula is C7H9BrN2O. The summed E-state index contributed by atoms with van der Waals surface area (Å²) >= 11 is 3.29. The van der Waals surface area contributed by atoms with Gasteiger partial charge in [-0.25, -0.2) is 0 Å². The number of nitrogens with one attached hydrogen (secondary N) is 1. The van der Waals surface area contributed by atoms with Crippen molar-refractivity contribution in [3.8, 4) is 5.75 Å². The summed E-state index contributed by atoms with van der Waals surface area (Å²) in [5.74, 6) is 5.36. The Hall–Kier alpha value is -0.580. The summed E-state index contributed by atoms with van der Waals surface area (Å²) in [4.78, 5) is 0. The summed E-state index contributed by atoms with van der Waals surface area (Å²) < 4.78 is 0.931. The highest BCUT2D eigenvalue weighted by atomic mass is 79.9. The van der Waals surface area contributed by atoms with Gasteiger partial charge in [-0.3, -0.25) is 11.3 Å². The average Bonchev–Trinajstić information content (AvgIpc) is 1.98. The molecule has 4 heteroatoms. The van der Waals surface area contributed by atoms with E-state index in [0.29, 0.717) is 6.54 Å². The van der Waals surface area contributed by atoms with Crippen LogP contribution in [0.1, 0.15) is 5.56 Å². The maximum atomic E-state index is 9.25. The highest BCUT2D eigenvalue weighted by Gasteiger charge is 1.99. The molecule has 0 aliphatic heterocycles. The monoisotopic (exact) mass is 216 g/mol. The van der Waals surface area contributed by atoms with Crippen molar-refractivity contribution >= 4 is 15.9 Å². The van der Waals surface area contributed by atoms with Crippen LogP contribution in [0.5, 0.6) is 5.75 Å². The predicted octanol–water partition coefficient (Wildman–Crippen LogP) is 1.12. The van der Waals surface area contributed by atoms with E-state index in [-0.39, 0.29) is 5.75 Å². The first-order chi connectivity index (χ1) is 5.24. The molecule has 60 valence electrons. The van der Waals surface area contributed by atoms with E-state index in [1.54, 1.807) is 12.1 Å². The van der Waals surface area contributed by atoms with Gasteiger partial charge in [0.25, 0.3) is 0 Å². The number of hydrogen-bond acceptors (Lipinski definition) is 3. The molecule has 0 saturated heterocycles. The molecule has 4 N–H and O–H groups in total. The number of rotatable bonds is 2. The first-order valence-corrected chi connectivity index (χ1v) is 3.94. The van der Waals surface area contributed by atoms with E-state index in [0.717, 1.165) is 10.0 Å². The van der Waals surface area contributed by atoms with Gasteiger partial charge in [-0.15, -0.1) is 0 Å². The Morgan fingerprint density at radius 2 is 2.27 bits per heavy atom. The van der Waals surface area contributed by atoms with Gasteiger partial charge >= 0.3 is 0 Å². The molecule has 0 bridgehead atoms. The zero-order valence-electron chi connectivity index (χ0n) is 5.84. The smallest absolute Gasteiger partial charge is 0.120 e. The van der Waals surface area contributed by atoms with Gasteiger partial charge < -0.3 is 5.11 Å². The lowest BCUT2D eigenvalue weighted by molar-refractivity contribution is 0.465. The van der Waals surface area contributed by atoms with Gasteiger partial charge in [0.1, 0.15) is 5.75 Å². The van der Waals surface area contributed by atoms with Gasteiger partial charge in [-0.2, -0.15) is 0 Å². The van der Waals surface area contributed by atoms with Gasteiger partial charge in [-0.05, 0) is 18.2 Å². The molecule has 1 aromatic rings. The molecule has 1 rings (SSSR count). The highest BCUT2D eigenvalue weighted by molar-refractivity contribution is 9.10. The summed E-state index contributed by atoms with van der Waals surface area (Å²) in [5, 5.41) is 9.25. The molecule has 0 fully saturated rings. The van der Waals surface area contributed by atoms with Crippen molar-refractivity contribution < 1.29 is 5.11 Å². The van der Waals surface area contributed by atoms with Crippen LogP contribution in [0.25, 0.3) is 0 Å². The van der Waals surface area contributed by atoms with E-state index in [4.69, 9.17) is 5.84 Å². The lowest BCUT2D eigenvalue weighted by atomic mass is 10.2. The minimum Gasteiger partial charge on any atom is -0.508 e. The Morgan fingerprint density at radius 1 is 1.55 bits per heavy atom. The van der Waals surface area contributed by atoms with Crippen LogP contribution in [0.2, 0.25) is 0 Å². The number of hydrogen-bond donors (Lipinski definition) is 3. The standard InChI is InChI=1S/C7H9BrN2O/c8-6-1-2-7(11)5(3-6)4-10-9/h1-3,10-11H,4,9H2. The first kappa shape index (κ1) is 8.52. The lowest BCUT2D eigenvalue weighted by Crippen LogP contribution is -2.20. The zero-order chi connectivity index (χ0) is 8.27. The van der Waals surface area contributed by atoms with Crippen LogP contribution in [0, 0.1) is 0 Å². The Labute approximate surface area is 73.3 Å². The minimum absolute atomic E-state index is 0.256. The summed E-state index contributed by atoms with van der Waals surface area (Å²) in [6, 6.07) is 5.21. The summed E-state index contributed by atoms with van der Waals surface area (Å²) in [6.45, 7) is 0.464. The van der Waals surface area contributed by atoms with Gasteiger partial charge in [-0.1, -0.05) is 15.9 Å². The molecule has 0 spiro atoms. The molecule has 0 aliphatic rings. The fraction of sp³-hybridized carbons (Fsp3) is 0.143. The number of phenolic OH excluding ortho intramolecular Hbond substituents is 1. The summed E-state index contributed by atoms with van der Waals surface area (Å²) in [6.07, 6.45) is 0. The van der Waals surface area contributed by atoms with Crippen molar-refractivity contribution in [2.24, 2.45) is 5.84 Å². The molecule has 0 amide bonds. The van der Waals surface area contributed by atoms with Crippen LogP contribution in [-0.2, 0) is 6.54 Å². The lowest BCUT2D eigenvalue weighted by Gasteiger charge is -2.02. The third kappa shape index (κ3) is 2.18. The normalized spacial score (nSPS) is 10.0.